The molecule has 0 amide bonds. The number of rotatable bonds is 2. The number of aldehydes is 1. The van der Waals surface area contributed by atoms with Gasteiger partial charge in [0.1, 0.15) is 0 Å². The number of benzene rings is 1. The molecular weight excluding hydrogens is 160 g/mol. The van der Waals surface area contributed by atoms with Gasteiger partial charge in [0.05, 0.1) is 11.3 Å². The summed E-state index contributed by atoms with van der Waals surface area (Å²) in [6, 6.07) is 5.21. The molecule has 58 valence electrons. The maximum atomic E-state index is 10.5. The lowest BCUT2D eigenvalue weighted by molar-refractivity contribution is 0.112. The van der Waals surface area contributed by atoms with E-state index in [9.17, 15) is 4.79 Å². The highest BCUT2D eigenvalue weighted by Crippen LogP contribution is 2.19. The van der Waals surface area contributed by atoms with Gasteiger partial charge in [-0.15, -0.1) is 12.6 Å². The Morgan fingerprint density at radius 2 is 2.27 bits per heavy atom. The quantitative estimate of drug-likeness (QED) is 0.268. The molecule has 0 spiro atoms. The number of anilines is 1. The molecule has 4 heteroatoms. The minimum absolute atomic E-state index is 0.485. The van der Waals surface area contributed by atoms with Gasteiger partial charge in [0.2, 0.25) is 0 Å². The molecule has 1 aromatic carbocycles. The Hall–Kier alpha value is -1.00. The number of nitrogens with one attached hydrogen (secondary N) is 1. The molecule has 0 saturated carbocycles. The largest absolute Gasteiger partial charge is 0.323 e. The molecule has 0 heterocycles. The first-order valence-electron chi connectivity index (χ1n) is 3.03. The van der Waals surface area contributed by atoms with E-state index in [0.717, 1.165) is 6.29 Å². The molecule has 0 aliphatic rings. The molecule has 0 fully saturated rings. The van der Waals surface area contributed by atoms with Crippen molar-refractivity contribution in [2.45, 2.75) is 4.90 Å². The van der Waals surface area contributed by atoms with E-state index >= 15 is 0 Å². The first kappa shape index (κ1) is 8.10. The van der Waals surface area contributed by atoms with Crippen LogP contribution in [0.5, 0.6) is 0 Å². The van der Waals surface area contributed by atoms with E-state index in [-0.39, 0.29) is 0 Å². The smallest absolute Gasteiger partial charge is 0.153 e. The fraction of sp³-hybridized carbons (Fsp3) is 0. The molecule has 0 bridgehead atoms. The van der Waals surface area contributed by atoms with Crippen LogP contribution in [-0.2, 0) is 0 Å². The minimum atomic E-state index is 0.485. The molecule has 0 radical (unpaired) electrons. The molecule has 0 saturated heterocycles. The Morgan fingerprint density at radius 1 is 1.55 bits per heavy atom. The molecule has 3 nitrogen and oxygen atoms in total. The molecule has 1 rings (SSSR count). The van der Waals surface area contributed by atoms with Crippen molar-refractivity contribution < 1.29 is 4.79 Å². The summed E-state index contributed by atoms with van der Waals surface area (Å²) >= 11 is 4.07. The molecule has 0 aliphatic heterocycles. The van der Waals surface area contributed by atoms with Gasteiger partial charge in [-0.05, 0) is 12.1 Å². The van der Waals surface area contributed by atoms with Crippen LogP contribution < -0.4 is 11.3 Å². The monoisotopic (exact) mass is 168 g/mol. The van der Waals surface area contributed by atoms with Gasteiger partial charge < -0.3 is 5.43 Å². The number of carbonyl (C=O) groups is 1. The summed E-state index contributed by atoms with van der Waals surface area (Å²) in [6.07, 6.45) is 0.720. The lowest BCUT2D eigenvalue weighted by atomic mass is 10.2. The maximum absolute atomic E-state index is 10.5. The highest BCUT2D eigenvalue weighted by Gasteiger charge is 2.01. The minimum Gasteiger partial charge on any atom is -0.323 e. The van der Waals surface area contributed by atoms with Crippen molar-refractivity contribution in [2.75, 3.05) is 5.43 Å². The first-order chi connectivity index (χ1) is 5.29. The lowest BCUT2D eigenvalue weighted by Gasteiger charge is -2.04. The summed E-state index contributed by atoms with van der Waals surface area (Å²) in [6.45, 7) is 0. The standard InChI is InChI=1S/C7H8N2OS/c8-9-6-2-1-3-7(11)5(6)4-10/h1-4,9,11H,8H2. The molecule has 3 N–H and O–H groups in total. The van der Waals surface area contributed by atoms with E-state index in [1.54, 1.807) is 18.2 Å². The van der Waals surface area contributed by atoms with Crippen molar-refractivity contribution in [3.8, 4) is 0 Å². The summed E-state index contributed by atoms with van der Waals surface area (Å²) in [7, 11) is 0. The average molecular weight is 168 g/mol. The van der Waals surface area contributed by atoms with Crippen molar-refractivity contribution in [3.05, 3.63) is 23.8 Å². The van der Waals surface area contributed by atoms with Crippen molar-refractivity contribution in [1.82, 2.24) is 0 Å². The Bertz CT molecular complexity index is 275. The van der Waals surface area contributed by atoms with Crippen LogP contribution in [-0.4, -0.2) is 6.29 Å². The Morgan fingerprint density at radius 3 is 2.73 bits per heavy atom. The lowest BCUT2D eigenvalue weighted by Crippen LogP contribution is -2.09. The molecule has 0 atom stereocenters. The molecule has 1 aromatic rings. The molecule has 0 unspecified atom stereocenters. The molecule has 0 aromatic heterocycles. The topological polar surface area (TPSA) is 55.1 Å². The maximum Gasteiger partial charge on any atom is 0.153 e. The van der Waals surface area contributed by atoms with Crippen LogP contribution in [0.4, 0.5) is 5.69 Å². The van der Waals surface area contributed by atoms with E-state index in [0.29, 0.717) is 16.1 Å². The predicted molar refractivity (Wildman–Crippen MR) is 46.9 cm³/mol. The van der Waals surface area contributed by atoms with Gasteiger partial charge in [0.15, 0.2) is 6.29 Å². The van der Waals surface area contributed by atoms with Gasteiger partial charge in [0, 0.05) is 4.90 Å². The Labute approximate surface area is 70.0 Å². The van der Waals surface area contributed by atoms with E-state index in [1.807, 2.05) is 0 Å². The van der Waals surface area contributed by atoms with Gasteiger partial charge in [-0.3, -0.25) is 10.6 Å². The second-order valence-electron chi connectivity index (χ2n) is 2.00. The fourth-order valence-electron chi connectivity index (χ4n) is 0.803. The normalized spacial score (nSPS) is 9.27. The van der Waals surface area contributed by atoms with Crippen LogP contribution in [0.1, 0.15) is 10.4 Å². The molecular formula is C7H8N2OS. The number of nitrogen functional groups attached to an aromatic ring is 1. The van der Waals surface area contributed by atoms with Crippen molar-refractivity contribution >= 4 is 24.6 Å². The number of hydrogen-bond donors (Lipinski definition) is 3. The van der Waals surface area contributed by atoms with Crippen LogP contribution in [0.15, 0.2) is 23.1 Å². The molecule has 11 heavy (non-hydrogen) atoms. The SMILES string of the molecule is NNc1cccc(S)c1C=O. The van der Waals surface area contributed by atoms with Gasteiger partial charge in [-0.25, -0.2) is 0 Å². The summed E-state index contributed by atoms with van der Waals surface area (Å²) in [5.41, 5.74) is 3.48. The Balaban J connectivity index is 3.24. The summed E-state index contributed by atoms with van der Waals surface area (Å²) in [5.74, 6) is 5.15. The van der Waals surface area contributed by atoms with Crippen LogP contribution in [0.2, 0.25) is 0 Å². The van der Waals surface area contributed by atoms with E-state index in [4.69, 9.17) is 5.84 Å². The van der Waals surface area contributed by atoms with Crippen LogP contribution in [0.25, 0.3) is 0 Å². The zero-order chi connectivity index (χ0) is 8.27. The summed E-state index contributed by atoms with van der Waals surface area (Å²) in [5, 5.41) is 0. The van der Waals surface area contributed by atoms with E-state index < -0.39 is 0 Å². The van der Waals surface area contributed by atoms with Gasteiger partial charge in [-0.1, -0.05) is 6.07 Å². The number of carbonyl (C=O) groups excluding carboxylic acids is 1. The predicted octanol–water partition coefficient (Wildman–Crippen LogP) is 1.07. The Kier molecular flexibility index (Phi) is 2.51. The second-order valence-corrected chi connectivity index (χ2v) is 2.48. The first-order valence-corrected chi connectivity index (χ1v) is 3.48. The zero-order valence-corrected chi connectivity index (χ0v) is 6.64. The van der Waals surface area contributed by atoms with Crippen LogP contribution in [0, 0.1) is 0 Å². The van der Waals surface area contributed by atoms with Crippen LogP contribution in [0.3, 0.4) is 0 Å². The van der Waals surface area contributed by atoms with Gasteiger partial charge >= 0.3 is 0 Å². The van der Waals surface area contributed by atoms with Crippen molar-refractivity contribution in [3.63, 3.8) is 0 Å². The second kappa shape index (κ2) is 3.41. The van der Waals surface area contributed by atoms with E-state index in [2.05, 4.69) is 18.1 Å². The summed E-state index contributed by atoms with van der Waals surface area (Å²) in [4.78, 5) is 11.1. The third kappa shape index (κ3) is 1.53. The van der Waals surface area contributed by atoms with Gasteiger partial charge in [-0.2, -0.15) is 0 Å². The third-order valence-electron chi connectivity index (χ3n) is 1.36. The van der Waals surface area contributed by atoms with Crippen LogP contribution >= 0.6 is 12.6 Å². The fourth-order valence-corrected chi connectivity index (χ4v) is 1.06. The molecule has 0 aliphatic carbocycles. The average Bonchev–Trinajstić information content (AvgIpc) is 2.04. The van der Waals surface area contributed by atoms with Crippen molar-refractivity contribution in [1.29, 1.82) is 0 Å². The highest BCUT2D eigenvalue weighted by molar-refractivity contribution is 7.80. The number of hydrogen-bond acceptors (Lipinski definition) is 4. The van der Waals surface area contributed by atoms with Gasteiger partial charge in [0.25, 0.3) is 0 Å². The number of hydrazine groups is 1. The third-order valence-corrected chi connectivity index (χ3v) is 1.75. The highest BCUT2D eigenvalue weighted by atomic mass is 32.1. The van der Waals surface area contributed by atoms with Crippen molar-refractivity contribution in [2.24, 2.45) is 5.84 Å². The van der Waals surface area contributed by atoms with E-state index in [1.165, 1.54) is 0 Å². The number of nitrogens with two attached hydrogens (primary N) is 1. The zero-order valence-electron chi connectivity index (χ0n) is 5.74. The summed E-state index contributed by atoms with van der Waals surface area (Å²) < 4.78 is 0. The number of thiol groups is 1.